The van der Waals surface area contributed by atoms with Crippen molar-refractivity contribution in [1.82, 2.24) is 14.8 Å². The lowest BCUT2D eigenvalue weighted by molar-refractivity contribution is -0.118. The molecule has 1 aromatic carbocycles. The number of nitrogens with zero attached hydrogens (tertiary/aromatic N) is 2. The highest BCUT2D eigenvalue weighted by atomic mass is 16.5. The predicted molar refractivity (Wildman–Crippen MR) is 127 cm³/mol. The first-order valence-electron chi connectivity index (χ1n) is 11.6. The first-order chi connectivity index (χ1) is 15.9. The van der Waals surface area contributed by atoms with E-state index in [0.717, 1.165) is 17.9 Å². The molecule has 2 aliphatic rings. The molecule has 0 spiro atoms. The summed E-state index contributed by atoms with van der Waals surface area (Å²) >= 11 is 0. The van der Waals surface area contributed by atoms with E-state index < -0.39 is 6.04 Å². The zero-order chi connectivity index (χ0) is 23.5. The average molecular weight is 453 g/mol. The highest BCUT2D eigenvalue weighted by Gasteiger charge is 2.37. The highest BCUT2D eigenvalue weighted by Crippen LogP contribution is 2.35. The van der Waals surface area contributed by atoms with E-state index in [1.54, 1.807) is 41.3 Å². The Balaban J connectivity index is 1.41. The van der Waals surface area contributed by atoms with E-state index in [1.165, 1.54) is 0 Å². The number of aromatic nitrogens is 1. The number of rotatable bonds is 6. The number of anilines is 1. The Labute approximate surface area is 193 Å². The van der Waals surface area contributed by atoms with Gasteiger partial charge in [-0.05, 0) is 55.5 Å². The molecule has 2 N–H and O–H groups in total. The van der Waals surface area contributed by atoms with Gasteiger partial charge in [0.05, 0.1) is 6.61 Å². The SMILES string of the molecule is CCOc1ccc(NC(=O)[C@@H](NC(=O)N2C[C@H]3C[C@@H](C2)c2cccc(=O)n2C3)C(C)C)cc1. The lowest BCUT2D eigenvalue weighted by Gasteiger charge is -2.43. The summed E-state index contributed by atoms with van der Waals surface area (Å²) in [7, 11) is 0. The predicted octanol–water partition coefficient (Wildman–Crippen LogP) is 3.04. The van der Waals surface area contributed by atoms with Gasteiger partial charge in [0.25, 0.3) is 5.56 Å². The highest BCUT2D eigenvalue weighted by molar-refractivity contribution is 5.97. The minimum Gasteiger partial charge on any atom is -0.494 e. The number of benzene rings is 1. The topological polar surface area (TPSA) is 92.7 Å². The van der Waals surface area contributed by atoms with Gasteiger partial charge in [-0.1, -0.05) is 19.9 Å². The van der Waals surface area contributed by atoms with Crippen LogP contribution in [0.15, 0.2) is 47.3 Å². The molecule has 2 aliphatic heterocycles. The summed E-state index contributed by atoms with van der Waals surface area (Å²) in [6.45, 7) is 8.06. The van der Waals surface area contributed by atoms with Crippen LogP contribution < -0.4 is 20.9 Å². The number of pyridine rings is 1. The Morgan fingerprint density at radius 2 is 1.85 bits per heavy atom. The molecule has 4 rings (SSSR count). The molecule has 1 saturated heterocycles. The lowest BCUT2D eigenvalue weighted by Crippen LogP contribution is -2.56. The summed E-state index contributed by atoms with van der Waals surface area (Å²) < 4.78 is 7.28. The molecule has 3 heterocycles. The maximum absolute atomic E-state index is 13.1. The molecular formula is C25H32N4O4. The van der Waals surface area contributed by atoms with Crippen molar-refractivity contribution in [3.8, 4) is 5.75 Å². The second kappa shape index (κ2) is 9.68. The Morgan fingerprint density at radius 1 is 1.09 bits per heavy atom. The molecule has 0 saturated carbocycles. The van der Waals surface area contributed by atoms with Crippen molar-refractivity contribution in [3.05, 3.63) is 58.5 Å². The van der Waals surface area contributed by atoms with Crippen LogP contribution in [0.4, 0.5) is 10.5 Å². The number of fused-ring (bicyclic) bond motifs is 4. The Bertz CT molecular complexity index is 1060. The minimum atomic E-state index is -0.666. The van der Waals surface area contributed by atoms with Crippen LogP contribution in [0, 0.1) is 11.8 Å². The van der Waals surface area contributed by atoms with Crippen molar-refractivity contribution < 1.29 is 14.3 Å². The third kappa shape index (κ3) is 5.05. The van der Waals surface area contributed by atoms with E-state index in [2.05, 4.69) is 10.6 Å². The molecule has 8 nitrogen and oxygen atoms in total. The molecule has 8 heteroatoms. The molecule has 3 amide bonds. The van der Waals surface area contributed by atoms with Gasteiger partial charge in [-0.3, -0.25) is 9.59 Å². The molecule has 2 aromatic rings. The van der Waals surface area contributed by atoms with Gasteiger partial charge in [0.15, 0.2) is 0 Å². The number of likely N-dealkylation sites (tertiary alicyclic amines) is 1. The van der Waals surface area contributed by atoms with Gasteiger partial charge in [-0.2, -0.15) is 0 Å². The van der Waals surface area contributed by atoms with Crippen LogP contribution in [0.1, 0.15) is 38.8 Å². The molecular weight excluding hydrogens is 420 g/mol. The summed E-state index contributed by atoms with van der Waals surface area (Å²) in [6.07, 6.45) is 0.971. The van der Waals surface area contributed by atoms with Gasteiger partial charge in [-0.25, -0.2) is 4.79 Å². The van der Waals surface area contributed by atoms with Gasteiger partial charge in [0.2, 0.25) is 5.91 Å². The lowest BCUT2D eigenvalue weighted by atomic mass is 9.83. The van der Waals surface area contributed by atoms with Crippen molar-refractivity contribution in [3.63, 3.8) is 0 Å². The molecule has 0 radical (unpaired) electrons. The third-order valence-electron chi connectivity index (χ3n) is 6.43. The summed E-state index contributed by atoms with van der Waals surface area (Å²) in [4.78, 5) is 40.1. The van der Waals surface area contributed by atoms with Crippen molar-refractivity contribution in [2.45, 2.75) is 45.7 Å². The molecule has 176 valence electrons. The van der Waals surface area contributed by atoms with Crippen molar-refractivity contribution >= 4 is 17.6 Å². The molecule has 0 aliphatic carbocycles. The van der Waals surface area contributed by atoms with E-state index in [0.29, 0.717) is 31.9 Å². The molecule has 1 aromatic heterocycles. The van der Waals surface area contributed by atoms with E-state index in [-0.39, 0.29) is 35.3 Å². The standard InChI is InChI=1S/C25H32N4O4/c1-4-33-20-10-8-19(9-11-20)26-24(31)23(16(2)3)27-25(32)28-13-17-12-18(15-28)21-6-5-7-22(30)29(21)14-17/h5-11,16-18,23H,4,12-15H2,1-3H3,(H,26,31)(H,27,32)/t17-,18+,23+/m1/s1. The number of ether oxygens (including phenoxy) is 1. The van der Waals surface area contributed by atoms with E-state index in [9.17, 15) is 14.4 Å². The Morgan fingerprint density at radius 3 is 2.55 bits per heavy atom. The average Bonchev–Trinajstić information content (AvgIpc) is 2.79. The second-order valence-electron chi connectivity index (χ2n) is 9.22. The maximum atomic E-state index is 13.1. The molecule has 0 unspecified atom stereocenters. The number of amides is 3. The fourth-order valence-corrected chi connectivity index (χ4v) is 4.84. The van der Waals surface area contributed by atoms with Gasteiger partial charge < -0.3 is 24.8 Å². The maximum Gasteiger partial charge on any atom is 0.318 e. The fraction of sp³-hybridized carbons (Fsp3) is 0.480. The molecule has 33 heavy (non-hydrogen) atoms. The summed E-state index contributed by atoms with van der Waals surface area (Å²) in [5, 5.41) is 5.84. The molecule has 3 atom stereocenters. The van der Waals surface area contributed by atoms with E-state index >= 15 is 0 Å². The van der Waals surface area contributed by atoms with Crippen LogP contribution in [0.3, 0.4) is 0 Å². The number of hydrogen-bond acceptors (Lipinski definition) is 4. The van der Waals surface area contributed by atoms with Crippen LogP contribution in [0.5, 0.6) is 5.75 Å². The Hall–Kier alpha value is -3.29. The van der Waals surface area contributed by atoms with Crippen LogP contribution in [0.25, 0.3) is 0 Å². The van der Waals surface area contributed by atoms with Gasteiger partial charge in [-0.15, -0.1) is 0 Å². The van der Waals surface area contributed by atoms with Crippen LogP contribution in [-0.4, -0.2) is 47.1 Å². The molecule has 1 fully saturated rings. The zero-order valence-electron chi connectivity index (χ0n) is 19.4. The summed E-state index contributed by atoms with van der Waals surface area (Å²) in [5.41, 5.74) is 1.66. The largest absolute Gasteiger partial charge is 0.494 e. The van der Waals surface area contributed by atoms with Crippen LogP contribution in [0.2, 0.25) is 0 Å². The van der Waals surface area contributed by atoms with Gasteiger partial charge >= 0.3 is 6.03 Å². The van der Waals surface area contributed by atoms with Gasteiger partial charge in [0.1, 0.15) is 11.8 Å². The first-order valence-corrected chi connectivity index (χ1v) is 11.6. The van der Waals surface area contributed by atoms with Crippen molar-refractivity contribution in [2.24, 2.45) is 11.8 Å². The second-order valence-corrected chi connectivity index (χ2v) is 9.22. The number of piperidine rings is 1. The number of nitrogens with one attached hydrogen (secondary N) is 2. The van der Waals surface area contributed by atoms with Gasteiger partial charge in [0, 0.05) is 43.0 Å². The summed E-state index contributed by atoms with van der Waals surface area (Å²) in [5.74, 6) is 0.769. The number of carbonyl (C=O) groups is 2. The zero-order valence-corrected chi connectivity index (χ0v) is 19.4. The fourth-order valence-electron chi connectivity index (χ4n) is 4.84. The Kier molecular flexibility index (Phi) is 6.72. The third-order valence-corrected chi connectivity index (χ3v) is 6.43. The number of carbonyl (C=O) groups excluding carboxylic acids is 2. The number of urea groups is 1. The van der Waals surface area contributed by atoms with E-state index in [1.807, 2.05) is 31.4 Å². The van der Waals surface area contributed by atoms with Crippen molar-refractivity contribution in [2.75, 3.05) is 25.0 Å². The smallest absolute Gasteiger partial charge is 0.318 e. The number of hydrogen-bond donors (Lipinski definition) is 2. The quantitative estimate of drug-likeness (QED) is 0.705. The van der Waals surface area contributed by atoms with Crippen molar-refractivity contribution in [1.29, 1.82) is 0 Å². The monoisotopic (exact) mass is 452 g/mol. The van der Waals surface area contributed by atoms with Crippen LogP contribution in [-0.2, 0) is 11.3 Å². The first kappa shape index (κ1) is 22.9. The normalized spacial score (nSPS) is 20.1. The van der Waals surface area contributed by atoms with Crippen LogP contribution >= 0.6 is 0 Å². The molecule has 2 bridgehead atoms. The van der Waals surface area contributed by atoms with E-state index in [4.69, 9.17) is 4.74 Å². The minimum absolute atomic E-state index is 0.0194. The summed E-state index contributed by atoms with van der Waals surface area (Å²) in [6, 6.07) is 11.6.